The average Bonchev–Trinajstić information content (AvgIpc) is 3.66. The van der Waals surface area contributed by atoms with Gasteiger partial charge in [0.15, 0.2) is 0 Å². The lowest BCUT2D eigenvalue weighted by atomic mass is 9.87. The molecule has 6 rings (SSSR count). The summed E-state index contributed by atoms with van der Waals surface area (Å²) in [6.45, 7) is -0.565. The number of fused-ring (bicyclic) bond motifs is 2. The van der Waals surface area contributed by atoms with Crippen molar-refractivity contribution >= 4 is 57.9 Å². The molecule has 11 nitrogen and oxygen atoms in total. The van der Waals surface area contributed by atoms with E-state index in [9.17, 15) is 42.5 Å². The molecule has 0 radical (unpaired) electrons. The number of aromatic nitrogens is 1. The lowest BCUT2D eigenvalue weighted by Crippen LogP contribution is -2.32. The number of nitro groups is 1. The van der Waals surface area contributed by atoms with Crippen LogP contribution in [0.5, 0.6) is 0 Å². The first-order valence-electron chi connectivity index (χ1n) is 12.5. The summed E-state index contributed by atoms with van der Waals surface area (Å²) >= 11 is 1.70. The highest BCUT2D eigenvalue weighted by atomic mass is 32.2. The first-order chi connectivity index (χ1) is 20.4. The van der Waals surface area contributed by atoms with Gasteiger partial charge in [-0.05, 0) is 42.5 Å². The predicted molar refractivity (Wildman–Crippen MR) is 148 cm³/mol. The fraction of sp³-hybridized carbons (Fsp3) is 0.185. The third-order valence-electron chi connectivity index (χ3n) is 6.99. The van der Waals surface area contributed by atoms with Crippen LogP contribution in [0.1, 0.15) is 22.1 Å². The van der Waals surface area contributed by atoms with Crippen molar-refractivity contribution in [2.45, 2.75) is 28.9 Å². The van der Waals surface area contributed by atoms with E-state index in [4.69, 9.17) is 4.42 Å². The van der Waals surface area contributed by atoms with Crippen LogP contribution >= 0.6 is 23.1 Å². The highest BCUT2D eigenvalue weighted by Crippen LogP contribution is 2.54. The predicted octanol–water partition coefficient (Wildman–Crippen LogP) is 4.86. The summed E-state index contributed by atoms with van der Waals surface area (Å²) in [5.74, 6) is -3.52. The smallest absolute Gasteiger partial charge is 0.416 e. The zero-order valence-corrected chi connectivity index (χ0v) is 23.1. The molecule has 2 aliphatic heterocycles. The summed E-state index contributed by atoms with van der Waals surface area (Å²) in [4.78, 5) is 64.7. The largest absolute Gasteiger partial charge is 0.469 e. The van der Waals surface area contributed by atoms with E-state index in [1.165, 1.54) is 36.6 Å². The highest BCUT2D eigenvalue weighted by molar-refractivity contribution is 8.00. The topological polar surface area (TPSA) is 145 Å². The number of anilines is 2. The number of carbonyl (C=O) groups is 3. The molecule has 0 aliphatic carbocycles. The van der Waals surface area contributed by atoms with Crippen molar-refractivity contribution in [3.63, 3.8) is 0 Å². The van der Waals surface area contributed by atoms with Crippen LogP contribution in [0.15, 0.2) is 81.2 Å². The molecule has 2 aromatic carbocycles. The molecular formula is C27H17F3N4O7S2. The number of non-ortho nitro benzene ring substituents is 1. The number of nitro benzene ring substituents is 1. The Kier molecular flexibility index (Phi) is 6.96. The summed E-state index contributed by atoms with van der Waals surface area (Å²) in [6.07, 6.45) is -3.24. The van der Waals surface area contributed by atoms with Gasteiger partial charge in [0, 0.05) is 17.8 Å². The summed E-state index contributed by atoms with van der Waals surface area (Å²) in [7, 11) is 0. The number of alkyl halides is 3. The number of amides is 3. The second-order valence-electron chi connectivity index (χ2n) is 9.59. The van der Waals surface area contributed by atoms with Crippen LogP contribution in [0.25, 0.3) is 0 Å². The minimum absolute atomic E-state index is 0.117. The minimum Gasteiger partial charge on any atom is -0.469 e. The van der Waals surface area contributed by atoms with Crippen LogP contribution in [0, 0.1) is 16.0 Å². The van der Waals surface area contributed by atoms with Gasteiger partial charge in [0.25, 0.3) is 5.69 Å². The van der Waals surface area contributed by atoms with Gasteiger partial charge in [-0.3, -0.25) is 33.9 Å². The van der Waals surface area contributed by atoms with Gasteiger partial charge >= 0.3 is 11.0 Å². The van der Waals surface area contributed by atoms with E-state index in [1.807, 2.05) is 0 Å². The fourth-order valence-electron chi connectivity index (χ4n) is 5.13. The molecule has 43 heavy (non-hydrogen) atoms. The maximum absolute atomic E-state index is 13.7. The van der Waals surface area contributed by atoms with Gasteiger partial charge in [-0.1, -0.05) is 29.2 Å². The van der Waals surface area contributed by atoms with Gasteiger partial charge < -0.3 is 9.73 Å². The number of halogens is 3. The monoisotopic (exact) mass is 630 g/mol. The van der Waals surface area contributed by atoms with Crippen LogP contribution in [0.3, 0.4) is 0 Å². The number of imide groups is 1. The lowest BCUT2D eigenvalue weighted by molar-refractivity contribution is -0.384. The van der Waals surface area contributed by atoms with Gasteiger partial charge in [0.05, 0.1) is 44.2 Å². The second kappa shape index (κ2) is 10.5. The van der Waals surface area contributed by atoms with Crippen LogP contribution in [-0.2, 0) is 27.1 Å². The Morgan fingerprint density at radius 2 is 1.79 bits per heavy atom. The first-order valence-corrected chi connectivity index (χ1v) is 14.2. The Morgan fingerprint density at radius 1 is 1.05 bits per heavy atom. The number of nitrogens with one attached hydrogen (secondary N) is 1. The number of rotatable bonds is 6. The van der Waals surface area contributed by atoms with Gasteiger partial charge in [-0.2, -0.15) is 13.2 Å². The normalized spacial score (nSPS) is 19.7. The second-order valence-corrected chi connectivity index (χ2v) is 11.7. The molecule has 16 heteroatoms. The maximum Gasteiger partial charge on any atom is 0.416 e. The van der Waals surface area contributed by atoms with Crippen molar-refractivity contribution in [1.29, 1.82) is 0 Å². The molecule has 4 aromatic rings. The van der Waals surface area contributed by atoms with Crippen molar-refractivity contribution in [2.75, 3.05) is 10.2 Å². The number of hydrogen-bond donors (Lipinski definition) is 1. The van der Waals surface area contributed by atoms with E-state index in [1.54, 1.807) is 12.1 Å². The molecule has 1 fully saturated rings. The quantitative estimate of drug-likeness (QED) is 0.181. The number of benzene rings is 2. The molecule has 0 bridgehead atoms. The Labute approximate surface area is 247 Å². The number of thiazole rings is 1. The SMILES string of the molecule is O=C(Cn1c2c(sc1=O)[C@@H](c1ccco1)[C@@H]1C(=O)N(c3ccc([N+](=O)[O-])cc3)C(=O)[C@@H]1S2)Nc1cccc(C(F)(F)F)c1. The fourth-order valence-corrected chi connectivity index (χ4v) is 7.88. The third-order valence-corrected chi connectivity index (χ3v) is 9.60. The molecule has 2 aromatic heterocycles. The third kappa shape index (κ3) is 5.01. The van der Waals surface area contributed by atoms with Gasteiger partial charge in [0.1, 0.15) is 17.6 Å². The van der Waals surface area contributed by atoms with Crippen LogP contribution < -0.4 is 15.1 Å². The van der Waals surface area contributed by atoms with Gasteiger partial charge in [0.2, 0.25) is 17.7 Å². The zero-order valence-electron chi connectivity index (χ0n) is 21.4. The van der Waals surface area contributed by atoms with Crippen molar-refractivity contribution in [3.8, 4) is 0 Å². The van der Waals surface area contributed by atoms with Crippen molar-refractivity contribution in [3.05, 3.63) is 103 Å². The molecule has 3 atom stereocenters. The zero-order chi connectivity index (χ0) is 30.6. The number of carbonyl (C=O) groups excluding carboxylic acids is 3. The van der Waals surface area contributed by atoms with E-state index in [2.05, 4.69) is 5.32 Å². The van der Waals surface area contributed by atoms with Crippen molar-refractivity contribution in [2.24, 2.45) is 5.92 Å². The standard InChI is InChI=1S/C27H17F3N4O7S2/c28-27(29,30)13-3-1-4-14(11-13)31-18(35)12-32-25-22(43-26(32)38)19(17-5-2-10-41-17)20-21(42-25)24(37)33(23(20)36)15-6-8-16(9-7-15)34(39)40/h1-11,19-21H,12H2,(H,31,35)/t19-,20-,21+/m0/s1. The molecule has 0 unspecified atom stereocenters. The summed E-state index contributed by atoms with van der Waals surface area (Å²) in [6, 6.07) is 12.2. The number of thioether (sulfide) groups is 1. The van der Waals surface area contributed by atoms with Crippen molar-refractivity contribution in [1.82, 2.24) is 4.57 Å². The van der Waals surface area contributed by atoms with E-state index < -0.39 is 62.9 Å². The Hall–Kier alpha value is -4.70. The lowest BCUT2D eigenvalue weighted by Gasteiger charge is -2.29. The summed E-state index contributed by atoms with van der Waals surface area (Å²) < 4.78 is 46.1. The molecule has 220 valence electrons. The summed E-state index contributed by atoms with van der Waals surface area (Å²) in [5, 5.41) is 12.7. The summed E-state index contributed by atoms with van der Waals surface area (Å²) in [5.41, 5.74) is -1.17. The van der Waals surface area contributed by atoms with E-state index in [0.29, 0.717) is 10.6 Å². The number of furan rings is 1. The van der Waals surface area contributed by atoms with Crippen molar-refractivity contribution < 1.29 is 36.9 Å². The van der Waals surface area contributed by atoms with Gasteiger partial charge in [-0.25, -0.2) is 4.90 Å². The minimum atomic E-state index is -4.62. The van der Waals surface area contributed by atoms with Crippen LogP contribution in [0.4, 0.5) is 30.2 Å². The van der Waals surface area contributed by atoms with E-state index in [0.717, 1.165) is 50.8 Å². The molecular weight excluding hydrogens is 613 g/mol. The van der Waals surface area contributed by atoms with Gasteiger partial charge in [-0.15, -0.1) is 0 Å². The molecule has 2 aliphatic rings. The Balaban J connectivity index is 1.34. The highest BCUT2D eigenvalue weighted by Gasteiger charge is 2.57. The number of hydrogen-bond acceptors (Lipinski definition) is 9. The van der Waals surface area contributed by atoms with Crippen LogP contribution in [-0.4, -0.2) is 32.5 Å². The molecule has 1 N–H and O–H groups in total. The first kappa shape index (κ1) is 28.4. The van der Waals surface area contributed by atoms with E-state index in [-0.39, 0.29) is 22.1 Å². The Morgan fingerprint density at radius 3 is 2.44 bits per heavy atom. The molecule has 0 spiro atoms. The molecule has 1 saturated heterocycles. The average molecular weight is 631 g/mol. The maximum atomic E-state index is 13.7. The van der Waals surface area contributed by atoms with E-state index >= 15 is 0 Å². The molecule has 4 heterocycles. The Bertz CT molecular complexity index is 1830. The molecule has 0 saturated carbocycles. The number of nitrogens with zero attached hydrogens (tertiary/aromatic N) is 3. The van der Waals surface area contributed by atoms with Crippen LogP contribution in [0.2, 0.25) is 0 Å². The molecule has 3 amide bonds.